The summed E-state index contributed by atoms with van der Waals surface area (Å²) in [6.45, 7) is 6.53. The van der Waals surface area contributed by atoms with Gasteiger partial charge in [-0.2, -0.15) is 0 Å². The Hall–Kier alpha value is -0.340. The average molecular weight is 130 g/mol. The molecule has 0 bridgehead atoms. The average Bonchev–Trinajstić information content (AvgIpc) is 1.82. The summed E-state index contributed by atoms with van der Waals surface area (Å²) in [5.41, 5.74) is 2.58. The van der Waals surface area contributed by atoms with Crippen molar-refractivity contribution >= 4 is 0 Å². The van der Waals surface area contributed by atoms with E-state index in [9.17, 15) is 0 Å². The van der Waals surface area contributed by atoms with Crippen molar-refractivity contribution in [2.24, 2.45) is 0 Å². The Morgan fingerprint density at radius 1 is 1.33 bits per heavy atom. The third-order valence-electron chi connectivity index (χ3n) is 1.42. The highest BCUT2D eigenvalue weighted by Gasteiger charge is 1.90. The standard InChI is InChI=1S/C7H14O2/c1-6(2)7(3)4-5-9-8/h8H,4-5H2,1-3H3. The van der Waals surface area contributed by atoms with Gasteiger partial charge in [0.15, 0.2) is 0 Å². The molecule has 0 atom stereocenters. The summed E-state index contributed by atoms with van der Waals surface area (Å²) in [6.07, 6.45) is 0.818. The maximum atomic E-state index is 7.97. The Bertz CT molecular complexity index is 101. The quantitative estimate of drug-likeness (QED) is 0.360. The predicted molar refractivity (Wildman–Crippen MR) is 37.2 cm³/mol. The summed E-state index contributed by atoms with van der Waals surface area (Å²) in [5.74, 6) is 0. The highest BCUT2D eigenvalue weighted by Crippen LogP contribution is 2.05. The molecular formula is C7H14O2. The maximum absolute atomic E-state index is 7.97. The van der Waals surface area contributed by atoms with E-state index in [0.717, 1.165) is 6.42 Å². The van der Waals surface area contributed by atoms with E-state index in [1.54, 1.807) is 0 Å². The summed E-state index contributed by atoms with van der Waals surface area (Å²) in [6, 6.07) is 0. The third-order valence-corrected chi connectivity index (χ3v) is 1.42. The van der Waals surface area contributed by atoms with Crippen LogP contribution in [-0.2, 0) is 4.89 Å². The molecule has 0 aromatic rings. The molecule has 0 fully saturated rings. The summed E-state index contributed by atoms with van der Waals surface area (Å²) >= 11 is 0. The first-order valence-corrected chi connectivity index (χ1v) is 3.07. The van der Waals surface area contributed by atoms with Gasteiger partial charge in [0.25, 0.3) is 0 Å². The molecule has 1 N–H and O–H groups in total. The van der Waals surface area contributed by atoms with Crippen molar-refractivity contribution in [3.05, 3.63) is 11.1 Å². The molecule has 0 aliphatic heterocycles. The second-order valence-electron chi connectivity index (χ2n) is 2.36. The van der Waals surface area contributed by atoms with E-state index in [2.05, 4.69) is 4.89 Å². The smallest absolute Gasteiger partial charge is 0.0856 e. The Morgan fingerprint density at radius 2 is 1.89 bits per heavy atom. The molecule has 9 heavy (non-hydrogen) atoms. The molecular weight excluding hydrogens is 116 g/mol. The Kier molecular flexibility index (Phi) is 4.36. The van der Waals surface area contributed by atoms with Crippen molar-refractivity contribution < 1.29 is 10.1 Å². The van der Waals surface area contributed by atoms with Gasteiger partial charge in [-0.3, -0.25) is 5.26 Å². The van der Waals surface area contributed by atoms with Gasteiger partial charge >= 0.3 is 0 Å². The zero-order valence-corrected chi connectivity index (χ0v) is 6.27. The molecule has 0 saturated carbocycles. The highest BCUT2D eigenvalue weighted by molar-refractivity contribution is 5.06. The molecule has 0 heterocycles. The van der Waals surface area contributed by atoms with E-state index in [0.29, 0.717) is 6.61 Å². The Labute approximate surface area is 56.1 Å². The molecule has 0 aliphatic rings. The van der Waals surface area contributed by atoms with Crippen LogP contribution in [0.15, 0.2) is 11.1 Å². The molecule has 0 amide bonds. The van der Waals surface area contributed by atoms with Gasteiger partial charge in [-0.1, -0.05) is 11.1 Å². The van der Waals surface area contributed by atoms with Crippen LogP contribution in [0.25, 0.3) is 0 Å². The van der Waals surface area contributed by atoms with Crippen LogP contribution in [0.2, 0.25) is 0 Å². The highest BCUT2D eigenvalue weighted by atomic mass is 17.1. The summed E-state index contributed by atoms with van der Waals surface area (Å²) in [5, 5.41) is 7.97. The largest absolute Gasteiger partial charge is 0.252 e. The van der Waals surface area contributed by atoms with Crippen LogP contribution in [-0.4, -0.2) is 11.9 Å². The van der Waals surface area contributed by atoms with E-state index in [-0.39, 0.29) is 0 Å². The van der Waals surface area contributed by atoms with Gasteiger partial charge in [0.1, 0.15) is 0 Å². The topological polar surface area (TPSA) is 29.5 Å². The minimum Gasteiger partial charge on any atom is -0.252 e. The van der Waals surface area contributed by atoms with Gasteiger partial charge in [-0.25, -0.2) is 4.89 Å². The summed E-state index contributed by atoms with van der Waals surface area (Å²) < 4.78 is 0. The molecule has 54 valence electrons. The van der Waals surface area contributed by atoms with Crippen molar-refractivity contribution in [3.63, 3.8) is 0 Å². The normalized spacial score (nSPS) is 9.33. The lowest BCUT2D eigenvalue weighted by Gasteiger charge is -1.99. The lowest BCUT2D eigenvalue weighted by atomic mass is 10.1. The monoisotopic (exact) mass is 130 g/mol. The molecule has 0 spiro atoms. The second kappa shape index (κ2) is 4.53. The maximum Gasteiger partial charge on any atom is 0.0856 e. The molecule has 0 aromatic heterocycles. The zero-order valence-electron chi connectivity index (χ0n) is 6.27. The molecule has 2 nitrogen and oxygen atoms in total. The lowest BCUT2D eigenvalue weighted by molar-refractivity contribution is -0.241. The van der Waals surface area contributed by atoms with Crippen molar-refractivity contribution in [2.75, 3.05) is 6.61 Å². The number of hydrogen-bond acceptors (Lipinski definition) is 2. The lowest BCUT2D eigenvalue weighted by Crippen LogP contribution is -1.90. The van der Waals surface area contributed by atoms with Gasteiger partial charge in [-0.15, -0.1) is 0 Å². The van der Waals surface area contributed by atoms with Gasteiger partial charge in [0.2, 0.25) is 0 Å². The number of hydrogen-bond donors (Lipinski definition) is 1. The number of allylic oxidation sites excluding steroid dienone is 1. The van der Waals surface area contributed by atoms with Gasteiger partial charge in [0, 0.05) is 0 Å². The first kappa shape index (κ1) is 8.66. The van der Waals surface area contributed by atoms with Crippen LogP contribution < -0.4 is 0 Å². The van der Waals surface area contributed by atoms with Crippen molar-refractivity contribution in [1.82, 2.24) is 0 Å². The molecule has 2 heteroatoms. The SMILES string of the molecule is CC(C)=C(C)CCOO. The van der Waals surface area contributed by atoms with Crippen LogP contribution >= 0.6 is 0 Å². The van der Waals surface area contributed by atoms with Crippen molar-refractivity contribution in [2.45, 2.75) is 27.2 Å². The predicted octanol–water partition coefficient (Wildman–Crippen LogP) is 2.22. The molecule has 0 aromatic carbocycles. The van der Waals surface area contributed by atoms with Crippen LogP contribution in [0.3, 0.4) is 0 Å². The minimum atomic E-state index is 0.400. The van der Waals surface area contributed by atoms with Gasteiger partial charge in [-0.05, 0) is 27.2 Å². The van der Waals surface area contributed by atoms with Crippen molar-refractivity contribution in [1.29, 1.82) is 0 Å². The fourth-order valence-corrected chi connectivity index (χ4v) is 0.449. The molecule has 0 radical (unpaired) electrons. The van der Waals surface area contributed by atoms with E-state index in [1.165, 1.54) is 11.1 Å². The van der Waals surface area contributed by atoms with Crippen molar-refractivity contribution in [3.8, 4) is 0 Å². The fraction of sp³-hybridized carbons (Fsp3) is 0.714. The first-order chi connectivity index (χ1) is 4.18. The van der Waals surface area contributed by atoms with Gasteiger partial charge < -0.3 is 0 Å². The molecule has 0 unspecified atom stereocenters. The van der Waals surface area contributed by atoms with E-state index in [4.69, 9.17) is 5.26 Å². The Balaban J connectivity index is 3.50. The van der Waals surface area contributed by atoms with Crippen LogP contribution in [0, 0.1) is 0 Å². The van der Waals surface area contributed by atoms with E-state index >= 15 is 0 Å². The molecule has 0 rings (SSSR count). The molecule has 0 saturated heterocycles. The Morgan fingerprint density at radius 3 is 2.22 bits per heavy atom. The van der Waals surface area contributed by atoms with Crippen LogP contribution in [0.1, 0.15) is 27.2 Å². The first-order valence-electron chi connectivity index (χ1n) is 3.07. The van der Waals surface area contributed by atoms with Crippen LogP contribution in [0.4, 0.5) is 0 Å². The second-order valence-corrected chi connectivity index (χ2v) is 2.36. The third kappa shape index (κ3) is 4.18. The van der Waals surface area contributed by atoms with Gasteiger partial charge in [0.05, 0.1) is 6.61 Å². The summed E-state index contributed by atoms with van der Waals surface area (Å²) in [4.78, 5) is 3.93. The van der Waals surface area contributed by atoms with Crippen LogP contribution in [0.5, 0.6) is 0 Å². The van der Waals surface area contributed by atoms with E-state index < -0.39 is 0 Å². The molecule has 0 aliphatic carbocycles. The number of rotatable bonds is 3. The van der Waals surface area contributed by atoms with E-state index in [1.807, 2.05) is 20.8 Å². The fourth-order valence-electron chi connectivity index (χ4n) is 0.449. The minimum absolute atomic E-state index is 0.400. The summed E-state index contributed by atoms with van der Waals surface area (Å²) in [7, 11) is 0. The zero-order chi connectivity index (χ0) is 7.28.